The third-order valence-electron chi connectivity index (χ3n) is 3.16. The van der Waals surface area contributed by atoms with Gasteiger partial charge in [0, 0.05) is 18.7 Å². The zero-order valence-electron chi connectivity index (χ0n) is 12.3. The zero-order chi connectivity index (χ0) is 15.4. The van der Waals surface area contributed by atoms with Crippen LogP contribution in [0.15, 0.2) is 36.4 Å². The first-order valence-electron chi connectivity index (χ1n) is 6.63. The maximum absolute atomic E-state index is 10.9. The monoisotopic (exact) mass is 286 g/mol. The third kappa shape index (κ3) is 3.72. The lowest BCUT2D eigenvalue weighted by Crippen LogP contribution is -2.03. The van der Waals surface area contributed by atoms with Gasteiger partial charge < -0.3 is 10.1 Å². The molecule has 0 saturated carbocycles. The van der Waals surface area contributed by atoms with Gasteiger partial charge in [0.15, 0.2) is 0 Å². The van der Waals surface area contributed by atoms with Gasteiger partial charge in [0.25, 0.3) is 5.69 Å². The summed E-state index contributed by atoms with van der Waals surface area (Å²) in [6.07, 6.45) is 0. The Morgan fingerprint density at radius 3 is 2.38 bits per heavy atom. The largest absolute Gasteiger partial charge is 0.495 e. The minimum absolute atomic E-state index is 0.0405. The van der Waals surface area contributed by atoms with Crippen LogP contribution in [0.5, 0.6) is 5.75 Å². The standard InChI is InChI=1S/C16H18N2O3/c1-11-6-12(2)8-13(7-11)10-17-15-9-14(18(19)20)4-5-16(15)21-3/h4-9,17H,10H2,1-3H3. The molecule has 110 valence electrons. The van der Waals surface area contributed by atoms with E-state index < -0.39 is 4.92 Å². The molecule has 2 aromatic carbocycles. The summed E-state index contributed by atoms with van der Waals surface area (Å²) in [6, 6.07) is 10.8. The van der Waals surface area contributed by atoms with Gasteiger partial charge in [-0.15, -0.1) is 0 Å². The van der Waals surface area contributed by atoms with Crippen LogP contribution >= 0.6 is 0 Å². The van der Waals surface area contributed by atoms with Gasteiger partial charge >= 0.3 is 0 Å². The molecular formula is C16H18N2O3. The summed E-state index contributed by atoms with van der Waals surface area (Å²) in [6.45, 7) is 4.68. The Morgan fingerprint density at radius 1 is 1.14 bits per heavy atom. The van der Waals surface area contributed by atoms with E-state index in [0.717, 1.165) is 5.56 Å². The van der Waals surface area contributed by atoms with Crippen LogP contribution in [0.2, 0.25) is 0 Å². The molecule has 0 bridgehead atoms. The highest BCUT2D eigenvalue weighted by Crippen LogP contribution is 2.29. The molecule has 2 rings (SSSR count). The number of nitro benzene ring substituents is 1. The van der Waals surface area contributed by atoms with Crippen molar-refractivity contribution >= 4 is 11.4 Å². The molecule has 0 heterocycles. The number of hydrogen-bond acceptors (Lipinski definition) is 4. The van der Waals surface area contributed by atoms with Gasteiger partial charge in [-0.1, -0.05) is 29.3 Å². The molecule has 0 atom stereocenters. The van der Waals surface area contributed by atoms with E-state index in [1.165, 1.54) is 23.3 Å². The lowest BCUT2D eigenvalue weighted by Gasteiger charge is -2.12. The average Bonchev–Trinajstić information content (AvgIpc) is 2.43. The molecule has 0 unspecified atom stereocenters. The molecule has 2 aromatic rings. The number of benzene rings is 2. The fourth-order valence-electron chi connectivity index (χ4n) is 2.32. The van der Waals surface area contributed by atoms with Crippen LogP contribution in [-0.2, 0) is 6.54 Å². The number of nitro groups is 1. The topological polar surface area (TPSA) is 64.4 Å². The summed E-state index contributed by atoms with van der Waals surface area (Å²) < 4.78 is 5.23. The van der Waals surface area contributed by atoms with E-state index >= 15 is 0 Å². The lowest BCUT2D eigenvalue weighted by atomic mass is 10.1. The molecule has 5 nitrogen and oxygen atoms in total. The van der Waals surface area contributed by atoms with Crippen molar-refractivity contribution in [1.82, 2.24) is 0 Å². The van der Waals surface area contributed by atoms with Crippen molar-refractivity contribution in [3.63, 3.8) is 0 Å². The van der Waals surface area contributed by atoms with Gasteiger partial charge in [-0.25, -0.2) is 0 Å². The van der Waals surface area contributed by atoms with E-state index in [4.69, 9.17) is 4.74 Å². The first kappa shape index (κ1) is 14.8. The number of hydrogen-bond donors (Lipinski definition) is 1. The highest BCUT2D eigenvalue weighted by Gasteiger charge is 2.11. The number of rotatable bonds is 5. The summed E-state index contributed by atoms with van der Waals surface area (Å²) in [5.74, 6) is 0.588. The van der Waals surface area contributed by atoms with E-state index in [9.17, 15) is 10.1 Å². The second-order valence-electron chi connectivity index (χ2n) is 4.99. The number of nitrogens with zero attached hydrogens (tertiary/aromatic N) is 1. The van der Waals surface area contributed by atoms with Crippen LogP contribution in [0.25, 0.3) is 0 Å². The quantitative estimate of drug-likeness (QED) is 0.670. The Labute approximate surface area is 123 Å². The molecule has 0 fully saturated rings. The van der Waals surface area contributed by atoms with E-state index in [1.54, 1.807) is 13.2 Å². The number of aryl methyl sites for hydroxylation is 2. The number of anilines is 1. The molecule has 5 heteroatoms. The Hall–Kier alpha value is -2.56. The molecule has 1 N–H and O–H groups in total. The van der Waals surface area contributed by atoms with Crippen molar-refractivity contribution in [2.75, 3.05) is 12.4 Å². The smallest absolute Gasteiger partial charge is 0.271 e. The molecule has 0 spiro atoms. The molecule has 0 aliphatic rings. The van der Waals surface area contributed by atoms with Gasteiger partial charge in [0.1, 0.15) is 5.75 Å². The lowest BCUT2D eigenvalue weighted by molar-refractivity contribution is -0.384. The van der Waals surface area contributed by atoms with Crippen LogP contribution < -0.4 is 10.1 Å². The number of non-ortho nitro benzene ring substituents is 1. The first-order valence-corrected chi connectivity index (χ1v) is 6.63. The number of methoxy groups -OCH3 is 1. The zero-order valence-corrected chi connectivity index (χ0v) is 12.3. The second-order valence-corrected chi connectivity index (χ2v) is 4.99. The van der Waals surface area contributed by atoms with Crippen molar-refractivity contribution in [1.29, 1.82) is 0 Å². The fraction of sp³-hybridized carbons (Fsp3) is 0.250. The number of ether oxygens (including phenoxy) is 1. The minimum atomic E-state index is -0.415. The van der Waals surface area contributed by atoms with E-state index in [2.05, 4.69) is 23.5 Å². The summed E-state index contributed by atoms with van der Waals surface area (Å²) in [7, 11) is 1.54. The normalized spacial score (nSPS) is 10.2. The van der Waals surface area contributed by atoms with Gasteiger partial charge in [0.2, 0.25) is 0 Å². The predicted octanol–water partition coefficient (Wildman–Crippen LogP) is 3.83. The maximum atomic E-state index is 10.9. The highest BCUT2D eigenvalue weighted by molar-refractivity contribution is 5.61. The van der Waals surface area contributed by atoms with Crippen molar-refractivity contribution in [3.05, 3.63) is 63.2 Å². The van der Waals surface area contributed by atoms with Gasteiger partial charge in [-0.3, -0.25) is 10.1 Å². The van der Waals surface area contributed by atoms with Crippen LogP contribution in [0.1, 0.15) is 16.7 Å². The molecule has 0 aliphatic heterocycles. The molecule has 21 heavy (non-hydrogen) atoms. The second kappa shape index (κ2) is 6.26. The Balaban J connectivity index is 2.21. The van der Waals surface area contributed by atoms with Crippen LogP contribution in [0.3, 0.4) is 0 Å². The third-order valence-corrected chi connectivity index (χ3v) is 3.16. The van der Waals surface area contributed by atoms with E-state index in [1.807, 2.05) is 13.8 Å². The van der Waals surface area contributed by atoms with E-state index in [-0.39, 0.29) is 5.69 Å². The summed E-state index contributed by atoms with van der Waals surface area (Å²) in [5, 5.41) is 14.1. The van der Waals surface area contributed by atoms with Crippen molar-refractivity contribution < 1.29 is 9.66 Å². The Morgan fingerprint density at radius 2 is 1.81 bits per heavy atom. The molecule has 0 amide bonds. The number of nitrogens with one attached hydrogen (secondary N) is 1. The molecular weight excluding hydrogens is 268 g/mol. The van der Waals surface area contributed by atoms with Gasteiger partial charge in [-0.2, -0.15) is 0 Å². The van der Waals surface area contributed by atoms with Gasteiger partial charge in [0.05, 0.1) is 17.7 Å². The average molecular weight is 286 g/mol. The van der Waals surface area contributed by atoms with Gasteiger partial charge in [-0.05, 0) is 25.5 Å². The predicted molar refractivity (Wildman–Crippen MR) is 82.9 cm³/mol. The molecule has 0 radical (unpaired) electrons. The van der Waals surface area contributed by atoms with Crippen LogP contribution in [0.4, 0.5) is 11.4 Å². The fourth-order valence-corrected chi connectivity index (χ4v) is 2.32. The first-order chi connectivity index (χ1) is 9.99. The van der Waals surface area contributed by atoms with E-state index in [0.29, 0.717) is 18.0 Å². The van der Waals surface area contributed by atoms with Crippen molar-refractivity contribution in [2.24, 2.45) is 0 Å². The van der Waals surface area contributed by atoms with Crippen LogP contribution in [-0.4, -0.2) is 12.0 Å². The summed E-state index contributed by atoms with van der Waals surface area (Å²) >= 11 is 0. The summed E-state index contributed by atoms with van der Waals surface area (Å²) in [5.41, 5.74) is 4.17. The molecule has 0 aromatic heterocycles. The maximum Gasteiger partial charge on any atom is 0.271 e. The van der Waals surface area contributed by atoms with Crippen LogP contribution in [0, 0.1) is 24.0 Å². The SMILES string of the molecule is COc1ccc([N+](=O)[O-])cc1NCc1cc(C)cc(C)c1. The molecule has 0 aliphatic carbocycles. The van der Waals surface area contributed by atoms with Crippen molar-refractivity contribution in [2.45, 2.75) is 20.4 Å². The minimum Gasteiger partial charge on any atom is -0.495 e. The highest BCUT2D eigenvalue weighted by atomic mass is 16.6. The van der Waals surface area contributed by atoms with Crippen molar-refractivity contribution in [3.8, 4) is 5.75 Å². The summed E-state index contributed by atoms with van der Waals surface area (Å²) in [4.78, 5) is 10.4. The Bertz CT molecular complexity index is 648. The Kier molecular flexibility index (Phi) is 4.42. The molecule has 0 saturated heterocycles.